The second-order valence-corrected chi connectivity index (χ2v) is 4.75. The van der Waals surface area contributed by atoms with Gasteiger partial charge in [-0.2, -0.15) is 0 Å². The summed E-state index contributed by atoms with van der Waals surface area (Å²) >= 11 is 0. The zero-order valence-corrected chi connectivity index (χ0v) is 11.1. The van der Waals surface area contributed by atoms with Crippen LogP contribution in [0.3, 0.4) is 0 Å². The summed E-state index contributed by atoms with van der Waals surface area (Å²) in [5.74, 6) is -1.60. The molecule has 2 rings (SSSR count). The topological polar surface area (TPSA) is 95.5 Å². The molecular formula is C14H16N2O4. The summed E-state index contributed by atoms with van der Waals surface area (Å²) < 4.78 is 0. The quantitative estimate of drug-likeness (QED) is 0.752. The van der Waals surface area contributed by atoms with E-state index in [1.807, 2.05) is 6.92 Å². The lowest BCUT2D eigenvalue weighted by Gasteiger charge is -2.13. The number of carboxylic acids is 1. The van der Waals surface area contributed by atoms with Crippen molar-refractivity contribution in [2.75, 3.05) is 5.32 Å². The minimum atomic E-state index is -1.05. The van der Waals surface area contributed by atoms with Crippen LogP contribution in [0, 0.1) is 0 Å². The molecule has 0 radical (unpaired) electrons. The van der Waals surface area contributed by atoms with Crippen LogP contribution in [-0.2, 0) is 16.0 Å². The number of aliphatic carboxylic acids is 1. The number of hydrogen-bond acceptors (Lipinski definition) is 3. The van der Waals surface area contributed by atoms with E-state index in [4.69, 9.17) is 5.11 Å². The van der Waals surface area contributed by atoms with Crippen LogP contribution in [0.1, 0.15) is 35.7 Å². The Morgan fingerprint density at radius 3 is 2.85 bits per heavy atom. The second-order valence-electron chi connectivity index (χ2n) is 4.75. The molecule has 1 aliphatic rings. The molecule has 6 nitrogen and oxygen atoms in total. The van der Waals surface area contributed by atoms with Crippen molar-refractivity contribution >= 4 is 23.5 Å². The highest BCUT2D eigenvalue weighted by Gasteiger charge is 2.22. The van der Waals surface area contributed by atoms with Crippen molar-refractivity contribution in [2.45, 2.75) is 32.2 Å². The maximum Gasteiger partial charge on any atom is 0.326 e. The van der Waals surface area contributed by atoms with Gasteiger partial charge in [-0.15, -0.1) is 0 Å². The predicted octanol–water partition coefficient (Wildman–Crippen LogP) is 1.16. The Balaban J connectivity index is 2.12. The minimum absolute atomic E-state index is 0.105. The molecule has 6 heteroatoms. The Bertz CT molecular complexity index is 568. The Morgan fingerprint density at radius 2 is 2.20 bits per heavy atom. The van der Waals surface area contributed by atoms with Crippen molar-refractivity contribution in [3.05, 3.63) is 29.3 Å². The van der Waals surface area contributed by atoms with Gasteiger partial charge >= 0.3 is 5.97 Å². The summed E-state index contributed by atoms with van der Waals surface area (Å²) in [6, 6.07) is 3.98. The first-order valence-electron chi connectivity index (χ1n) is 6.47. The molecular weight excluding hydrogens is 260 g/mol. The number of hydrogen-bond donors (Lipinski definition) is 3. The van der Waals surface area contributed by atoms with E-state index in [1.54, 1.807) is 18.2 Å². The van der Waals surface area contributed by atoms with Crippen LogP contribution in [0.2, 0.25) is 0 Å². The van der Waals surface area contributed by atoms with E-state index in [2.05, 4.69) is 10.6 Å². The highest BCUT2D eigenvalue weighted by Crippen LogP contribution is 2.24. The minimum Gasteiger partial charge on any atom is -0.480 e. The smallest absolute Gasteiger partial charge is 0.326 e. The van der Waals surface area contributed by atoms with E-state index in [0.717, 1.165) is 5.56 Å². The third-order valence-corrected chi connectivity index (χ3v) is 3.18. The standard InChI is InChI=1S/C14H16N2O4/c1-2-3-10(14(19)20)16-13(18)9-5-4-8-7-12(17)15-11(8)6-9/h4-6,10H,2-3,7H2,1H3,(H,15,17)(H,16,18)(H,19,20)/t10-/m0/s1. The van der Waals surface area contributed by atoms with Crippen molar-refractivity contribution in [3.8, 4) is 0 Å². The molecule has 20 heavy (non-hydrogen) atoms. The molecule has 3 N–H and O–H groups in total. The number of benzene rings is 1. The third-order valence-electron chi connectivity index (χ3n) is 3.18. The van der Waals surface area contributed by atoms with Crippen molar-refractivity contribution < 1.29 is 19.5 Å². The Hall–Kier alpha value is -2.37. The van der Waals surface area contributed by atoms with Gasteiger partial charge in [0.2, 0.25) is 5.91 Å². The number of amides is 2. The molecule has 1 heterocycles. The van der Waals surface area contributed by atoms with Gasteiger partial charge in [0, 0.05) is 11.3 Å². The maximum atomic E-state index is 12.0. The number of rotatable bonds is 5. The largest absolute Gasteiger partial charge is 0.480 e. The predicted molar refractivity (Wildman–Crippen MR) is 72.6 cm³/mol. The molecule has 2 amide bonds. The van der Waals surface area contributed by atoms with Gasteiger partial charge in [0.1, 0.15) is 6.04 Å². The number of carboxylic acid groups (broad SMARTS) is 1. The van der Waals surface area contributed by atoms with Gasteiger partial charge in [0.05, 0.1) is 6.42 Å². The average molecular weight is 276 g/mol. The highest BCUT2D eigenvalue weighted by molar-refractivity contribution is 6.02. The second kappa shape index (κ2) is 5.73. The lowest BCUT2D eigenvalue weighted by molar-refractivity contribution is -0.139. The van der Waals surface area contributed by atoms with Crippen molar-refractivity contribution in [2.24, 2.45) is 0 Å². The zero-order chi connectivity index (χ0) is 14.7. The Labute approximate surface area is 116 Å². The lowest BCUT2D eigenvalue weighted by atomic mass is 10.1. The van der Waals surface area contributed by atoms with Crippen LogP contribution in [0.5, 0.6) is 0 Å². The summed E-state index contributed by atoms with van der Waals surface area (Å²) in [6.45, 7) is 1.85. The molecule has 0 spiro atoms. The van der Waals surface area contributed by atoms with Crippen LogP contribution in [0.15, 0.2) is 18.2 Å². The van der Waals surface area contributed by atoms with E-state index < -0.39 is 17.9 Å². The summed E-state index contributed by atoms with van der Waals surface area (Å²) in [5.41, 5.74) is 1.80. The summed E-state index contributed by atoms with van der Waals surface area (Å²) in [4.78, 5) is 34.3. The lowest BCUT2D eigenvalue weighted by Crippen LogP contribution is -2.40. The fourth-order valence-corrected chi connectivity index (χ4v) is 2.14. The first-order chi connectivity index (χ1) is 9.51. The van der Waals surface area contributed by atoms with Gasteiger partial charge in [-0.25, -0.2) is 4.79 Å². The number of anilines is 1. The summed E-state index contributed by atoms with van der Waals surface area (Å²) in [6.07, 6.45) is 1.35. The molecule has 1 aliphatic heterocycles. The van der Waals surface area contributed by atoms with Crippen molar-refractivity contribution in [3.63, 3.8) is 0 Å². The van der Waals surface area contributed by atoms with Crippen molar-refractivity contribution in [1.29, 1.82) is 0 Å². The van der Waals surface area contributed by atoms with Gasteiger partial charge in [-0.05, 0) is 24.1 Å². The van der Waals surface area contributed by atoms with Gasteiger partial charge in [0.15, 0.2) is 0 Å². The zero-order valence-electron chi connectivity index (χ0n) is 11.1. The first kappa shape index (κ1) is 14.0. The average Bonchev–Trinajstić information content (AvgIpc) is 2.76. The number of carbonyl (C=O) groups is 3. The SMILES string of the molecule is CCC[C@H](NC(=O)c1ccc2c(c1)NC(=O)C2)C(=O)O. The maximum absolute atomic E-state index is 12.0. The summed E-state index contributed by atoms with van der Waals surface area (Å²) in [7, 11) is 0. The van der Waals surface area contributed by atoms with Gasteiger partial charge in [0.25, 0.3) is 5.91 Å². The molecule has 0 aromatic heterocycles. The third kappa shape index (κ3) is 2.96. The fraction of sp³-hybridized carbons (Fsp3) is 0.357. The van der Waals surface area contributed by atoms with Crippen LogP contribution in [0.25, 0.3) is 0 Å². The van der Waals surface area contributed by atoms with E-state index in [9.17, 15) is 14.4 Å². The van der Waals surface area contributed by atoms with Gasteiger partial charge in [-0.1, -0.05) is 19.4 Å². The molecule has 0 aliphatic carbocycles. The number of nitrogens with one attached hydrogen (secondary N) is 2. The van der Waals surface area contributed by atoms with Crippen molar-refractivity contribution in [1.82, 2.24) is 5.32 Å². The fourth-order valence-electron chi connectivity index (χ4n) is 2.14. The van der Waals surface area contributed by atoms with Crippen LogP contribution in [0.4, 0.5) is 5.69 Å². The molecule has 0 unspecified atom stereocenters. The van der Waals surface area contributed by atoms with Crippen LogP contribution >= 0.6 is 0 Å². The molecule has 0 saturated carbocycles. The van der Waals surface area contributed by atoms with E-state index >= 15 is 0 Å². The molecule has 0 fully saturated rings. The molecule has 0 bridgehead atoms. The Kier molecular flexibility index (Phi) is 4.02. The summed E-state index contributed by atoms with van der Waals surface area (Å²) in [5, 5.41) is 14.2. The van der Waals surface area contributed by atoms with E-state index in [0.29, 0.717) is 30.5 Å². The molecule has 1 aromatic rings. The molecule has 0 saturated heterocycles. The molecule has 1 aromatic carbocycles. The van der Waals surface area contributed by atoms with Gasteiger partial charge < -0.3 is 15.7 Å². The highest BCUT2D eigenvalue weighted by atomic mass is 16.4. The Morgan fingerprint density at radius 1 is 1.45 bits per heavy atom. The molecule has 1 atom stereocenters. The normalized spacial score (nSPS) is 14.3. The van der Waals surface area contributed by atoms with Crippen LogP contribution in [-0.4, -0.2) is 28.9 Å². The monoisotopic (exact) mass is 276 g/mol. The first-order valence-corrected chi connectivity index (χ1v) is 6.47. The van der Waals surface area contributed by atoms with E-state index in [1.165, 1.54) is 0 Å². The van der Waals surface area contributed by atoms with Crippen LogP contribution < -0.4 is 10.6 Å². The van der Waals surface area contributed by atoms with Gasteiger partial charge in [-0.3, -0.25) is 9.59 Å². The van der Waals surface area contributed by atoms with E-state index in [-0.39, 0.29) is 5.91 Å². The number of carbonyl (C=O) groups excluding carboxylic acids is 2. The molecule has 106 valence electrons. The number of fused-ring (bicyclic) bond motifs is 1.